The third-order valence-corrected chi connectivity index (χ3v) is 3.98. The molecule has 164 valence electrons. The second kappa shape index (κ2) is 13.7. The number of benzene rings is 2. The Balaban J connectivity index is 0.00000450. The normalized spacial score (nSPS) is 10.7. The number of ether oxygens (including phenoxy) is 1. The van der Waals surface area contributed by atoms with Crippen LogP contribution in [0.15, 0.2) is 47.5 Å². The number of rotatable bonds is 9. The van der Waals surface area contributed by atoms with Crippen LogP contribution in [-0.2, 0) is 6.42 Å². The quantitative estimate of drug-likeness (QED) is 0.201. The maximum Gasteiger partial charge on any atom is 0.251 e. The number of amides is 1. The summed E-state index contributed by atoms with van der Waals surface area (Å²) >= 11 is 0. The van der Waals surface area contributed by atoms with Gasteiger partial charge in [0.05, 0.1) is 6.54 Å². The average Bonchev–Trinajstić information content (AvgIpc) is 2.72. The molecule has 2 rings (SSSR count). The van der Waals surface area contributed by atoms with Crippen LogP contribution in [0.3, 0.4) is 0 Å². The van der Waals surface area contributed by atoms with E-state index in [-0.39, 0.29) is 42.2 Å². The number of aliphatic imine (C=N–C) groups is 1. The van der Waals surface area contributed by atoms with Gasteiger partial charge in [-0.3, -0.25) is 9.79 Å². The molecule has 0 radical (unpaired) electrons. The molecule has 0 aliphatic carbocycles. The van der Waals surface area contributed by atoms with Crippen molar-refractivity contribution in [2.24, 2.45) is 4.99 Å². The van der Waals surface area contributed by atoms with Gasteiger partial charge in [0, 0.05) is 31.8 Å². The molecule has 0 aliphatic rings. The molecule has 9 heteroatoms. The van der Waals surface area contributed by atoms with Crippen LogP contribution in [0, 0.1) is 11.6 Å². The fourth-order valence-corrected chi connectivity index (χ4v) is 2.57. The van der Waals surface area contributed by atoms with Crippen LogP contribution in [0.1, 0.15) is 22.8 Å². The number of guanidine groups is 1. The van der Waals surface area contributed by atoms with Crippen LogP contribution < -0.4 is 20.7 Å². The fraction of sp³-hybridized carbons (Fsp3) is 0.333. The lowest BCUT2D eigenvalue weighted by atomic mass is 10.1. The maximum atomic E-state index is 13.5. The Morgan fingerprint density at radius 3 is 2.63 bits per heavy atom. The van der Waals surface area contributed by atoms with Crippen molar-refractivity contribution in [1.82, 2.24) is 16.0 Å². The lowest BCUT2D eigenvalue weighted by Gasteiger charge is -2.12. The van der Waals surface area contributed by atoms with E-state index in [9.17, 15) is 13.6 Å². The third kappa shape index (κ3) is 8.52. The van der Waals surface area contributed by atoms with E-state index < -0.39 is 11.6 Å². The number of carbonyl (C=O) groups excluding carboxylic acids is 1. The van der Waals surface area contributed by atoms with Crippen LogP contribution >= 0.6 is 24.0 Å². The van der Waals surface area contributed by atoms with Crippen LogP contribution in [0.25, 0.3) is 0 Å². The van der Waals surface area contributed by atoms with Crippen molar-refractivity contribution in [3.05, 3.63) is 65.2 Å². The summed E-state index contributed by atoms with van der Waals surface area (Å²) < 4.78 is 31.8. The zero-order chi connectivity index (χ0) is 21.1. The first-order valence-electron chi connectivity index (χ1n) is 9.44. The Morgan fingerprint density at radius 2 is 1.93 bits per heavy atom. The lowest BCUT2D eigenvalue weighted by Crippen LogP contribution is -2.39. The van der Waals surface area contributed by atoms with Gasteiger partial charge in [0.2, 0.25) is 0 Å². The number of halogens is 3. The molecule has 0 unspecified atom stereocenters. The van der Waals surface area contributed by atoms with Gasteiger partial charge in [-0.05, 0) is 43.2 Å². The van der Waals surface area contributed by atoms with Gasteiger partial charge >= 0.3 is 0 Å². The zero-order valence-electron chi connectivity index (χ0n) is 17.0. The zero-order valence-corrected chi connectivity index (χ0v) is 19.3. The molecule has 3 N–H and O–H groups in total. The summed E-state index contributed by atoms with van der Waals surface area (Å²) in [5.74, 6) is -0.882. The highest BCUT2D eigenvalue weighted by Crippen LogP contribution is 2.17. The van der Waals surface area contributed by atoms with E-state index in [0.29, 0.717) is 37.6 Å². The molecular weight excluding hydrogens is 505 g/mol. The highest BCUT2D eigenvalue weighted by atomic mass is 127. The molecule has 6 nitrogen and oxygen atoms in total. The van der Waals surface area contributed by atoms with Crippen molar-refractivity contribution >= 4 is 35.8 Å². The van der Waals surface area contributed by atoms with E-state index >= 15 is 0 Å². The minimum atomic E-state index is -0.732. The molecule has 0 bridgehead atoms. The summed E-state index contributed by atoms with van der Waals surface area (Å²) in [4.78, 5) is 16.2. The Bertz CT molecular complexity index is 850. The van der Waals surface area contributed by atoms with Crippen LogP contribution in [0.2, 0.25) is 0 Å². The average molecular weight is 532 g/mol. The van der Waals surface area contributed by atoms with Crippen molar-refractivity contribution in [3.63, 3.8) is 0 Å². The second-order valence-corrected chi connectivity index (χ2v) is 6.14. The smallest absolute Gasteiger partial charge is 0.251 e. The fourth-order valence-electron chi connectivity index (χ4n) is 2.57. The largest absolute Gasteiger partial charge is 0.489 e. The summed E-state index contributed by atoms with van der Waals surface area (Å²) in [6.45, 7) is 3.76. The molecule has 1 amide bonds. The van der Waals surface area contributed by atoms with Gasteiger partial charge in [-0.15, -0.1) is 24.0 Å². The topological polar surface area (TPSA) is 74.8 Å². The first-order chi connectivity index (χ1) is 14.0. The summed E-state index contributed by atoms with van der Waals surface area (Å²) in [6.07, 6.45) is 0.679. The van der Waals surface area contributed by atoms with Crippen molar-refractivity contribution in [2.75, 3.05) is 33.3 Å². The van der Waals surface area contributed by atoms with Crippen molar-refractivity contribution < 1.29 is 18.3 Å². The Kier molecular flexibility index (Phi) is 11.7. The van der Waals surface area contributed by atoms with Crippen molar-refractivity contribution in [1.29, 1.82) is 0 Å². The number of hydrogen-bond acceptors (Lipinski definition) is 3. The minimum Gasteiger partial charge on any atom is -0.489 e. The van der Waals surface area contributed by atoms with Crippen molar-refractivity contribution in [3.8, 4) is 5.75 Å². The van der Waals surface area contributed by atoms with Gasteiger partial charge in [0.1, 0.15) is 12.4 Å². The summed E-state index contributed by atoms with van der Waals surface area (Å²) in [7, 11) is 1.60. The minimum absolute atomic E-state index is 0. The molecule has 0 heterocycles. The maximum absolute atomic E-state index is 13.5. The number of nitrogens with zero attached hydrogens (tertiary/aromatic N) is 1. The molecule has 0 atom stereocenters. The standard InChI is InChI=1S/C21H26F2N4O2.HI/c1-3-25-21(27-11-12-29-19-8-7-17(22)14-18(19)23)26-10-9-15-5-4-6-16(13-15)20(28)24-2;/h4-8,13-14H,3,9-12H2,1-2H3,(H,24,28)(H2,25,26,27);1H. The van der Waals surface area contributed by atoms with Gasteiger partial charge in [-0.25, -0.2) is 8.78 Å². The summed E-state index contributed by atoms with van der Waals surface area (Å²) in [5, 5.41) is 8.83. The summed E-state index contributed by atoms with van der Waals surface area (Å²) in [6, 6.07) is 10.6. The predicted molar refractivity (Wildman–Crippen MR) is 125 cm³/mol. The predicted octanol–water partition coefficient (Wildman–Crippen LogP) is 3.12. The van der Waals surface area contributed by atoms with Crippen molar-refractivity contribution in [2.45, 2.75) is 13.3 Å². The van der Waals surface area contributed by atoms with Gasteiger partial charge in [-0.1, -0.05) is 12.1 Å². The second-order valence-electron chi connectivity index (χ2n) is 6.14. The van der Waals surface area contributed by atoms with Gasteiger partial charge < -0.3 is 20.7 Å². The number of carbonyl (C=O) groups is 1. The molecule has 0 saturated heterocycles. The van der Waals surface area contributed by atoms with E-state index in [1.165, 1.54) is 6.07 Å². The third-order valence-electron chi connectivity index (χ3n) is 3.98. The molecule has 0 aromatic heterocycles. The van der Waals surface area contributed by atoms with E-state index in [4.69, 9.17) is 4.74 Å². The molecule has 30 heavy (non-hydrogen) atoms. The summed E-state index contributed by atoms with van der Waals surface area (Å²) in [5.41, 5.74) is 1.63. The van der Waals surface area contributed by atoms with E-state index in [0.717, 1.165) is 17.7 Å². The van der Waals surface area contributed by atoms with Crippen LogP contribution in [0.5, 0.6) is 5.75 Å². The van der Waals surface area contributed by atoms with E-state index in [2.05, 4.69) is 20.9 Å². The Labute approximate surface area is 192 Å². The Morgan fingerprint density at radius 1 is 1.13 bits per heavy atom. The van der Waals surface area contributed by atoms with Gasteiger partial charge in [0.15, 0.2) is 17.5 Å². The molecule has 0 saturated carbocycles. The van der Waals surface area contributed by atoms with Gasteiger partial charge in [0.25, 0.3) is 5.91 Å². The molecule has 2 aromatic carbocycles. The SMILES string of the molecule is CCNC(=NCCc1cccc(C(=O)NC)c1)NCCOc1ccc(F)cc1F.I. The first kappa shape index (κ1) is 25.6. The number of nitrogens with one attached hydrogen (secondary N) is 3. The number of hydrogen-bond donors (Lipinski definition) is 3. The van der Waals surface area contributed by atoms with Crippen LogP contribution in [-0.4, -0.2) is 45.2 Å². The van der Waals surface area contributed by atoms with Crippen LogP contribution in [0.4, 0.5) is 8.78 Å². The Hall–Kier alpha value is -2.43. The molecule has 0 fully saturated rings. The molecule has 0 aliphatic heterocycles. The van der Waals surface area contributed by atoms with Gasteiger partial charge in [-0.2, -0.15) is 0 Å². The molecule has 2 aromatic rings. The molecule has 0 spiro atoms. The van der Waals surface area contributed by atoms with E-state index in [1.54, 1.807) is 13.1 Å². The monoisotopic (exact) mass is 532 g/mol. The highest BCUT2D eigenvalue weighted by Gasteiger charge is 2.06. The first-order valence-corrected chi connectivity index (χ1v) is 9.44. The molecular formula is C21H27F2IN4O2. The lowest BCUT2D eigenvalue weighted by molar-refractivity contribution is 0.0963. The van der Waals surface area contributed by atoms with E-state index in [1.807, 2.05) is 25.1 Å². The highest BCUT2D eigenvalue weighted by molar-refractivity contribution is 14.0.